The van der Waals surface area contributed by atoms with Crippen molar-refractivity contribution in [2.75, 3.05) is 6.54 Å². The van der Waals surface area contributed by atoms with Crippen LogP contribution in [-0.2, 0) is 4.79 Å². The first-order chi connectivity index (χ1) is 7.26. The number of amides is 1. The molecule has 0 aliphatic carbocycles. The summed E-state index contributed by atoms with van der Waals surface area (Å²) in [5.41, 5.74) is 0. The van der Waals surface area contributed by atoms with Crippen LogP contribution in [0.15, 0.2) is 0 Å². The van der Waals surface area contributed by atoms with Gasteiger partial charge < -0.3 is 4.90 Å². The van der Waals surface area contributed by atoms with E-state index < -0.39 is 30.8 Å². The van der Waals surface area contributed by atoms with Gasteiger partial charge in [-0.3, -0.25) is 10.1 Å². The van der Waals surface area contributed by atoms with Gasteiger partial charge in [-0.1, -0.05) is 20.8 Å². The molecule has 1 heterocycles. The average molecular weight is 238 g/mol. The number of carbonyl (C=O) groups excluding carboxylic acids is 1. The van der Waals surface area contributed by atoms with Crippen LogP contribution in [0, 0.1) is 5.92 Å². The van der Waals surface area contributed by atoms with Gasteiger partial charge in [0.15, 0.2) is 0 Å². The van der Waals surface area contributed by atoms with E-state index in [9.17, 15) is 18.0 Å². The quantitative estimate of drug-likeness (QED) is 0.812. The Bertz CT molecular complexity index is 265. The van der Waals surface area contributed by atoms with Crippen LogP contribution in [0.5, 0.6) is 0 Å². The number of alkyl halides is 3. The monoisotopic (exact) mass is 238 g/mol. The Kier molecular flexibility index (Phi) is 3.83. The summed E-state index contributed by atoms with van der Waals surface area (Å²) >= 11 is 0. The van der Waals surface area contributed by atoms with Crippen molar-refractivity contribution in [3.05, 3.63) is 0 Å². The van der Waals surface area contributed by atoms with Gasteiger partial charge in [0.1, 0.15) is 6.54 Å². The Morgan fingerprint density at radius 2 is 2.00 bits per heavy atom. The first kappa shape index (κ1) is 13.3. The van der Waals surface area contributed by atoms with Gasteiger partial charge in [0, 0.05) is 0 Å². The highest BCUT2D eigenvalue weighted by molar-refractivity contribution is 5.84. The van der Waals surface area contributed by atoms with Crippen molar-refractivity contribution in [1.82, 2.24) is 10.2 Å². The summed E-state index contributed by atoms with van der Waals surface area (Å²) < 4.78 is 37.0. The Labute approximate surface area is 93.0 Å². The molecule has 1 saturated heterocycles. The van der Waals surface area contributed by atoms with E-state index in [-0.39, 0.29) is 5.92 Å². The molecule has 0 radical (unpaired) electrons. The van der Waals surface area contributed by atoms with Crippen molar-refractivity contribution in [3.63, 3.8) is 0 Å². The van der Waals surface area contributed by atoms with E-state index in [0.717, 1.165) is 4.90 Å². The number of carbonyl (C=O) groups is 1. The number of halogens is 3. The van der Waals surface area contributed by atoms with E-state index in [1.54, 1.807) is 20.8 Å². The second-order valence-corrected chi connectivity index (χ2v) is 4.40. The maximum absolute atomic E-state index is 12.3. The summed E-state index contributed by atoms with van der Waals surface area (Å²) in [4.78, 5) is 12.6. The van der Waals surface area contributed by atoms with Gasteiger partial charge in [0.2, 0.25) is 5.91 Å². The van der Waals surface area contributed by atoms with Crippen LogP contribution >= 0.6 is 0 Å². The minimum absolute atomic E-state index is 0.0390. The second kappa shape index (κ2) is 4.61. The van der Waals surface area contributed by atoms with Crippen LogP contribution in [0.25, 0.3) is 0 Å². The van der Waals surface area contributed by atoms with Gasteiger partial charge in [-0.2, -0.15) is 13.2 Å². The molecule has 1 N–H and O–H groups in total. The minimum atomic E-state index is -4.34. The summed E-state index contributed by atoms with van der Waals surface area (Å²) in [6, 6.07) is -0.477. The highest BCUT2D eigenvalue weighted by Crippen LogP contribution is 2.24. The van der Waals surface area contributed by atoms with Crippen molar-refractivity contribution in [2.45, 2.75) is 45.6 Å². The number of hydrogen-bond donors (Lipinski definition) is 1. The third-order valence-corrected chi connectivity index (χ3v) is 2.68. The van der Waals surface area contributed by atoms with Crippen molar-refractivity contribution < 1.29 is 18.0 Å². The van der Waals surface area contributed by atoms with E-state index in [1.807, 2.05) is 0 Å². The van der Waals surface area contributed by atoms with Crippen molar-refractivity contribution >= 4 is 5.91 Å². The third-order valence-electron chi connectivity index (χ3n) is 2.68. The third kappa shape index (κ3) is 2.87. The molecular formula is C10H17F3N2O. The topological polar surface area (TPSA) is 32.3 Å². The zero-order valence-electron chi connectivity index (χ0n) is 9.64. The van der Waals surface area contributed by atoms with Crippen molar-refractivity contribution in [2.24, 2.45) is 5.92 Å². The molecule has 1 aliphatic heterocycles. The Hall–Kier alpha value is -0.780. The number of rotatable bonds is 3. The molecule has 3 nitrogen and oxygen atoms in total. The molecule has 0 aromatic carbocycles. The lowest BCUT2D eigenvalue weighted by Gasteiger charge is -2.27. The summed E-state index contributed by atoms with van der Waals surface area (Å²) in [5, 5.41) is 2.94. The molecule has 0 bridgehead atoms. The molecule has 0 aromatic rings. The largest absolute Gasteiger partial charge is 0.406 e. The molecule has 16 heavy (non-hydrogen) atoms. The Morgan fingerprint density at radius 1 is 1.44 bits per heavy atom. The van der Waals surface area contributed by atoms with Gasteiger partial charge in [0.25, 0.3) is 0 Å². The average Bonchev–Trinajstić information content (AvgIpc) is 2.42. The lowest BCUT2D eigenvalue weighted by Crippen LogP contribution is -2.45. The van der Waals surface area contributed by atoms with Crippen molar-refractivity contribution in [1.29, 1.82) is 0 Å². The van der Waals surface area contributed by atoms with Crippen LogP contribution in [0.4, 0.5) is 13.2 Å². The van der Waals surface area contributed by atoms with Gasteiger partial charge in [-0.05, 0) is 12.3 Å². The Balaban J connectivity index is 2.81. The normalized spacial score (nSPS) is 26.9. The fourth-order valence-corrected chi connectivity index (χ4v) is 1.92. The minimum Gasteiger partial charge on any atom is -0.316 e. The lowest BCUT2D eigenvalue weighted by molar-refractivity contribution is -0.162. The molecule has 2 atom stereocenters. The molecule has 1 aliphatic rings. The molecule has 1 fully saturated rings. The van der Waals surface area contributed by atoms with Gasteiger partial charge in [-0.15, -0.1) is 0 Å². The van der Waals surface area contributed by atoms with Gasteiger partial charge in [-0.25, -0.2) is 0 Å². The molecule has 1 rings (SSSR count). The highest BCUT2D eigenvalue weighted by Gasteiger charge is 2.44. The van der Waals surface area contributed by atoms with E-state index in [1.165, 1.54) is 0 Å². The first-order valence-electron chi connectivity index (χ1n) is 5.39. The fourth-order valence-electron chi connectivity index (χ4n) is 1.92. The maximum Gasteiger partial charge on any atom is 0.406 e. The smallest absolute Gasteiger partial charge is 0.316 e. The lowest BCUT2D eigenvalue weighted by atomic mass is 10.1. The summed E-state index contributed by atoms with van der Waals surface area (Å²) in [5.74, 6) is -0.485. The van der Waals surface area contributed by atoms with E-state index >= 15 is 0 Å². The Morgan fingerprint density at radius 3 is 2.38 bits per heavy atom. The van der Waals surface area contributed by atoms with Crippen LogP contribution in [0.1, 0.15) is 27.2 Å². The molecular weight excluding hydrogens is 221 g/mol. The number of nitrogens with one attached hydrogen (secondary N) is 1. The number of nitrogens with zero attached hydrogens (tertiary/aromatic N) is 1. The van der Waals surface area contributed by atoms with Crippen LogP contribution in [-0.4, -0.2) is 35.7 Å². The SMILES string of the molecule is CCC1NC(C(C)C)N(CC(F)(F)F)C1=O. The maximum atomic E-state index is 12.3. The van der Waals surface area contributed by atoms with E-state index in [2.05, 4.69) is 5.32 Å². The van der Waals surface area contributed by atoms with E-state index in [4.69, 9.17) is 0 Å². The molecule has 1 amide bonds. The highest BCUT2D eigenvalue weighted by atomic mass is 19.4. The van der Waals surface area contributed by atoms with Gasteiger partial charge >= 0.3 is 6.18 Å². The van der Waals surface area contributed by atoms with Crippen LogP contribution < -0.4 is 5.32 Å². The first-order valence-corrected chi connectivity index (χ1v) is 5.39. The van der Waals surface area contributed by atoms with Crippen LogP contribution in [0.2, 0.25) is 0 Å². The zero-order chi connectivity index (χ0) is 12.5. The molecule has 0 saturated carbocycles. The summed E-state index contributed by atoms with van der Waals surface area (Å²) in [7, 11) is 0. The zero-order valence-corrected chi connectivity index (χ0v) is 9.64. The molecule has 2 unspecified atom stereocenters. The molecule has 0 spiro atoms. The van der Waals surface area contributed by atoms with Gasteiger partial charge in [0.05, 0.1) is 12.2 Å². The van der Waals surface area contributed by atoms with E-state index in [0.29, 0.717) is 6.42 Å². The predicted octanol–water partition coefficient (Wildman–Crippen LogP) is 1.74. The summed E-state index contributed by atoms with van der Waals surface area (Å²) in [6.07, 6.45) is -4.34. The van der Waals surface area contributed by atoms with Crippen LogP contribution in [0.3, 0.4) is 0 Å². The second-order valence-electron chi connectivity index (χ2n) is 4.40. The number of hydrogen-bond acceptors (Lipinski definition) is 2. The predicted molar refractivity (Wildman–Crippen MR) is 53.6 cm³/mol. The molecule has 94 valence electrons. The molecule has 0 aromatic heterocycles. The molecule has 6 heteroatoms. The standard InChI is InChI=1S/C10H17F3N2O/c1-4-7-9(16)15(5-10(11,12)13)8(14-7)6(2)3/h6-8,14H,4-5H2,1-3H3. The fraction of sp³-hybridized carbons (Fsp3) is 0.900. The summed E-state index contributed by atoms with van der Waals surface area (Å²) in [6.45, 7) is 4.21. The van der Waals surface area contributed by atoms with Crippen molar-refractivity contribution in [3.8, 4) is 0 Å².